The number of hydrogen-bond donors (Lipinski definition) is 3. The van der Waals surface area contributed by atoms with Gasteiger partial charge in [-0.15, -0.1) is 0 Å². The molecule has 0 heterocycles. The highest BCUT2D eigenvalue weighted by Crippen LogP contribution is 2.64. The first kappa shape index (κ1) is 56.7. The van der Waals surface area contributed by atoms with E-state index in [0.717, 1.165) is 18.2 Å². The lowest BCUT2D eigenvalue weighted by molar-refractivity contribution is -0.461. The van der Waals surface area contributed by atoms with Gasteiger partial charge in [-0.2, -0.15) is 74.6 Å². The van der Waals surface area contributed by atoms with Crippen molar-refractivity contribution >= 4 is 26.0 Å². The molecule has 2 amide bonds. The molecule has 0 spiro atoms. The molecule has 0 aliphatic heterocycles. The number of benzene rings is 2. The summed E-state index contributed by atoms with van der Waals surface area (Å²) in [5, 5.41) is 10.9. The summed E-state index contributed by atoms with van der Waals surface area (Å²) in [6.45, 7) is 5.40. The second-order valence-electron chi connectivity index (χ2n) is 15.0. The Bertz CT molecular complexity index is 1970. The van der Waals surface area contributed by atoms with Crippen molar-refractivity contribution in [2.45, 2.75) is 118 Å². The maximum absolute atomic E-state index is 15.0. The van der Waals surface area contributed by atoms with Crippen molar-refractivity contribution in [2.24, 2.45) is 0 Å². The number of carbonyl (C=O) groups excluding carboxylic acids is 2. The standard InChI is InChI=1S/C37H39F19N2O6Si/c1-19(2)65(20(3)4,15-12-30(40,41)31(42,43)32(44,45)33(46,47)34(48,49)35(50,51)36(52,53)37(54,55)56)63-14-13-62-24-9-6-22(7-10-24)27(16-21(5)17-28(59)58-61)64-29(60)57-26-11-8-23(38)18-25(26)39/h6-11,17-20,27,61H,12-16H2,1-5H3,(H,57,60)(H,58,59)/b21-17+/t27-/m0/s1. The molecule has 0 aliphatic carbocycles. The highest BCUT2D eigenvalue weighted by molar-refractivity contribution is 6.76. The van der Waals surface area contributed by atoms with Crippen LogP contribution in [0.5, 0.6) is 5.75 Å². The van der Waals surface area contributed by atoms with Crippen LogP contribution in [0.15, 0.2) is 54.1 Å². The van der Waals surface area contributed by atoms with Gasteiger partial charge in [-0.1, -0.05) is 45.4 Å². The van der Waals surface area contributed by atoms with Gasteiger partial charge in [-0.25, -0.2) is 19.1 Å². The van der Waals surface area contributed by atoms with Gasteiger partial charge < -0.3 is 13.9 Å². The number of halogens is 19. The zero-order valence-electron chi connectivity index (χ0n) is 34.1. The number of carbonyl (C=O) groups is 2. The molecule has 8 nitrogen and oxygen atoms in total. The van der Waals surface area contributed by atoms with E-state index in [1.54, 1.807) is 0 Å². The second kappa shape index (κ2) is 20.2. The molecule has 0 radical (unpaired) electrons. The molecule has 2 aromatic carbocycles. The average Bonchev–Trinajstić information content (AvgIpc) is 3.17. The van der Waals surface area contributed by atoms with Gasteiger partial charge in [0.05, 0.1) is 12.3 Å². The fourth-order valence-corrected chi connectivity index (χ4v) is 10.7. The van der Waals surface area contributed by atoms with Crippen LogP contribution >= 0.6 is 0 Å². The molecule has 28 heteroatoms. The van der Waals surface area contributed by atoms with Crippen LogP contribution < -0.4 is 15.5 Å². The molecule has 2 rings (SSSR count). The summed E-state index contributed by atoms with van der Waals surface area (Å²) >= 11 is 0. The van der Waals surface area contributed by atoms with Crippen LogP contribution in [0, 0.1) is 11.6 Å². The molecule has 65 heavy (non-hydrogen) atoms. The number of ether oxygens (including phenoxy) is 2. The lowest BCUT2D eigenvalue weighted by atomic mass is 9.88. The summed E-state index contributed by atoms with van der Waals surface area (Å²) in [5.41, 5.74) is -0.555. The molecule has 0 bridgehead atoms. The van der Waals surface area contributed by atoms with E-state index in [9.17, 15) is 93.0 Å². The van der Waals surface area contributed by atoms with Crippen molar-refractivity contribution in [1.29, 1.82) is 0 Å². The summed E-state index contributed by atoms with van der Waals surface area (Å²) in [7, 11) is -4.06. The molecule has 0 aromatic heterocycles. The Hall–Kier alpha value is -4.47. The fourth-order valence-electron chi connectivity index (χ4n) is 6.22. The molecule has 3 N–H and O–H groups in total. The molecular weight excluding hydrogens is 957 g/mol. The van der Waals surface area contributed by atoms with Crippen LogP contribution in [0.25, 0.3) is 0 Å². The monoisotopic (exact) mass is 996 g/mol. The average molecular weight is 997 g/mol. The second-order valence-corrected chi connectivity index (χ2v) is 20.0. The van der Waals surface area contributed by atoms with Crippen LogP contribution in [0.3, 0.4) is 0 Å². The third-order valence-corrected chi connectivity index (χ3v) is 15.6. The van der Waals surface area contributed by atoms with E-state index in [4.69, 9.17) is 19.1 Å². The summed E-state index contributed by atoms with van der Waals surface area (Å²) in [4.78, 5) is 24.3. The Morgan fingerprint density at radius 3 is 1.66 bits per heavy atom. The quantitative estimate of drug-likeness (QED) is 0.0271. The lowest BCUT2D eigenvalue weighted by Crippen LogP contribution is -2.74. The number of hydrogen-bond acceptors (Lipinski definition) is 6. The lowest BCUT2D eigenvalue weighted by Gasteiger charge is -2.44. The van der Waals surface area contributed by atoms with Gasteiger partial charge in [0.2, 0.25) is 0 Å². The van der Waals surface area contributed by atoms with Gasteiger partial charge in [0.15, 0.2) is 8.32 Å². The van der Waals surface area contributed by atoms with E-state index in [-0.39, 0.29) is 23.3 Å². The number of alkyl halides is 17. The first-order valence-corrected chi connectivity index (χ1v) is 20.7. The van der Waals surface area contributed by atoms with Crippen molar-refractivity contribution in [3.63, 3.8) is 0 Å². The first-order valence-electron chi connectivity index (χ1n) is 18.4. The van der Waals surface area contributed by atoms with Gasteiger partial charge in [-0.3, -0.25) is 15.3 Å². The zero-order valence-corrected chi connectivity index (χ0v) is 35.1. The fraction of sp³-hybridized carbons (Fsp3) is 0.568. The first-order chi connectivity index (χ1) is 29.3. The topological polar surface area (TPSA) is 106 Å². The number of hydroxylamine groups is 1. The third-order valence-electron chi connectivity index (χ3n) is 9.96. The predicted molar refractivity (Wildman–Crippen MR) is 191 cm³/mol. The summed E-state index contributed by atoms with van der Waals surface area (Å²) < 4.78 is 279. The highest BCUT2D eigenvalue weighted by atomic mass is 28.4. The van der Waals surface area contributed by atoms with Gasteiger partial charge in [0, 0.05) is 25.0 Å². The predicted octanol–water partition coefficient (Wildman–Crippen LogP) is 12.7. The molecule has 2 aromatic rings. The van der Waals surface area contributed by atoms with Gasteiger partial charge in [-0.05, 0) is 53.9 Å². The molecule has 370 valence electrons. The van der Waals surface area contributed by atoms with Crippen molar-refractivity contribution in [1.82, 2.24) is 5.48 Å². The van der Waals surface area contributed by atoms with E-state index in [2.05, 4.69) is 5.32 Å². The SMILES string of the molecule is C/C(=C\C(=O)NO)C[C@H](OC(=O)Nc1ccc(F)cc1F)c1ccc(OCCO[Si](CCC(F)(F)C(F)(F)C(F)(F)C(F)(F)C(F)(F)C(F)(F)C(F)(F)C(F)(F)F)(C(C)C)C(C)C)cc1. The summed E-state index contributed by atoms with van der Waals surface area (Å²) in [6.07, 6.45) is -12.2. The summed E-state index contributed by atoms with van der Waals surface area (Å²) in [6, 6.07) is 5.98. The minimum Gasteiger partial charge on any atom is -0.491 e. The van der Waals surface area contributed by atoms with Crippen molar-refractivity contribution in [3.05, 3.63) is 71.3 Å². The smallest absolute Gasteiger partial charge is 0.460 e. The van der Waals surface area contributed by atoms with Crippen LogP contribution in [-0.4, -0.2) is 86.4 Å². The third kappa shape index (κ3) is 11.6. The number of anilines is 1. The van der Waals surface area contributed by atoms with Crippen molar-refractivity contribution in [2.75, 3.05) is 18.5 Å². The van der Waals surface area contributed by atoms with Crippen LogP contribution in [0.1, 0.15) is 59.1 Å². The minimum absolute atomic E-state index is 0.00641. The Morgan fingerprint density at radius 1 is 0.708 bits per heavy atom. The molecule has 0 aliphatic rings. The van der Waals surface area contributed by atoms with E-state index in [1.165, 1.54) is 64.4 Å². The molecule has 0 fully saturated rings. The zero-order chi connectivity index (χ0) is 50.6. The van der Waals surface area contributed by atoms with Crippen LogP contribution in [0.2, 0.25) is 17.1 Å². The Morgan fingerprint density at radius 2 is 1.20 bits per heavy atom. The Labute approximate surface area is 357 Å². The molecule has 1 atom stereocenters. The molecule has 0 saturated heterocycles. The maximum Gasteiger partial charge on any atom is 0.460 e. The molecule has 0 saturated carbocycles. The van der Waals surface area contributed by atoms with E-state index >= 15 is 0 Å². The number of nitrogens with one attached hydrogen (secondary N) is 2. The molecular formula is C37H39F19N2O6Si. The maximum atomic E-state index is 15.0. The van der Waals surface area contributed by atoms with Crippen LogP contribution in [0.4, 0.5) is 93.9 Å². The Balaban J connectivity index is 2.30. The van der Waals surface area contributed by atoms with Crippen molar-refractivity contribution < 1.29 is 112 Å². The van der Waals surface area contributed by atoms with Gasteiger partial charge >= 0.3 is 53.7 Å². The van der Waals surface area contributed by atoms with Gasteiger partial charge in [0.1, 0.15) is 30.1 Å². The van der Waals surface area contributed by atoms with E-state index in [1.807, 2.05) is 0 Å². The largest absolute Gasteiger partial charge is 0.491 e. The van der Waals surface area contributed by atoms with E-state index in [0.29, 0.717) is 6.07 Å². The highest BCUT2D eigenvalue weighted by Gasteiger charge is 2.95. The number of amides is 2. The number of rotatable bonds is 22. The Kier molecular flexibility index (Phi) is 17.6. The minimum atomic E-state index is -8.73. The molecule has 0 unspecified atom stereocenters. The normalized spacial score (nSPS) is 14.7. The van der Waals surface area contributed by atoms with E-state index < -0.39 is 128 Å². The van der Waals surface area contributed by atoms with Crippen LogP contribution in [-0.2, 0) is 14.0 Å². The van der Waals surface area contributed by atoms with Crippen molar-refractivity contribution in [3.8, 4) is 5.75 Å². The van der Waals surface area contributed by atoms with Gasteiger partial charge in [0.25, 0.3) is 5.91 Å². The summed E-state index contributed by atoms with van der Waals surface area (Å²) in [5.74, 6) is -60.1.